The molecular weight excluding hydrogens is 336 g/mol. The third kappa shape index (κ3) is 11.3. The molecule has 1 rings (SSSR count). The summed E-state index contributed by atoms with van der Waals surface area (Å²) < 4.78 is 0. The molecule has 0 spiro atoms. The van der Waals surface area contributed by atoms with E-state index in [1.807, 2.05) is 13.8 Å². The van der Waals surface area contributed by atoms with Crippen LogP contribution in [0.4, 0.5) is 0 Å². The molecule has 0 aromatic rings. The van der Waals surface area contributed by atoms with Gasteiger partial charge in [-0.25, -0.2) is 0 Å². The lowest BCUT2D eigenvalue weighted by molar-refractivity contribution is 0.0606. The number of unbranched alkanes of at least 4 members (excludes halogenated alkanes) is 1. The summed E-state index contributed by atoms with van der Waals surface area (Å²) in [5.41, 5.74) is 1.10. The third-order valence-corrected chi connectivity index (χ3v) is 7.72. The Labute approximate surface area is 181 Å². The standard InChI is InChI=1S/C26H52.C2H6/c1-9-13-21(2)14-10-11-17-25(5,6)19-16-22(3)20-24-23(4)15-12-18-26(24,7)8;1-2/h21-24H,9-20H2,1-8H3;1-2H3. The summed E-state index contributed by atoms with van der Waals surface area (Å²) in [5, 5.41) is 0. The van der Waals surface area contributed by atoms with Crippen LogP contribution in [0.25, 0.3) is 0 Å². The highest BCUT2D eigenvalue weighted by Gasteiger charge is 2.37. The molecule has 0 heterocycles. The highest BCUT2D eigenvalue weighted by molar-refractivity contribution is 4.87. The molecule has 0 aromatic carbocycles. The van der Waals surface area contributed by atoms with E-state index in [1.54, 1.807) is 0 Å². The highest BCUT2D eigenvalue weighted by Crippen LogP contribution is 2.47. The van der Waals surface area contributed by atoms with Crippen LogP contribution in [0.5, 0.6) is 0 Å². The predicted octanol–water partition coefficient (Wildman–Crippen LogP) is 10.3. The Morgan fingerprint density at radius 2 is 1.57 bits per heavy atom. The summed E-state index contributed by atoms with van der Waals surface area (Å²) in [7, 11) is 0. The van der Waals surface area contributed by atoms with Crippen molar-refractivity contribution in [1.29, 1.82) is 0 Å². The molecule has 1 saturated carbocycles. The molecular formula is C28H58. The van der Waals surface area contributed by atoms with Crippen LogP contribution in [-0.2, 0) is 0 Å². The quantitative estimate of drug-likeness (QED) is 0.289. The topological polar surface area (TPSA) is 0 Å². The van der Waals surface area contributed by atoms with Gasteiger partial charge in [0.2, 0.25) is 0 Å². The van der Waals surface area contributed by atoms with Gasteiger partial charge >= 0.3 is 0 Å². The summed E-state index contributed by atoms with van der Waals surface area (Å²) in [5.74, 6) is 3.70. The highest BCUT2D eigenvalue weighted by atomic mass is 14.4. The van der Waals surface area contributed by atoms with E-state index in [0.29, 0.717) is 10.8 Å². The zero-order valence-electron chi connectivity index (χ0n) is 21.8. The Balaban J connectivity index is 0.00000352. The maximum atomic E-state index is 2.53. The Morgan fingerprint density at radius 3 is 2.14 bits per heavy atom. The van der Waals surface area contributed by atoms with Crippen LogP contribution in [0.1, 0.15) is 146 Å². The number of hydrogen-bond acceptors (Lipinski definition) is 0. The van der Waals surface area contributed by atoms with E-state index >= 15 is 0 Å². The van der Waals surface area contributed by atoms with Gasteiger partial charge in [0.05, 0.1) is 0 Å². The van der Waals surface area contributed by atoms with Crippen molar-refractivity contribution in [3.8, 4) is 0 Å². The van der Waals surface area contributed by atoms with E-state index in [1.165, 1.54) is 77.0 Å². The Kier molecular flexibility index (Phi) is 14.1. The van der Waals surface area contributed by atoms with E-state index in [9.17, 15) is 0 Å². The van der Waals surface area contributed by atoms with Gasteiger partial charge in [0.1, 0.15) is 0 Å². The molecule has 0 N–H and O–H groups in total. The monoisotopic (exact) mass is 394 g/mol. The van der Waals surface area contributed by atoms with Crippen LogP contribution < -0.4 is 0 Å². The average molecular weight is 395 g/mol. The Bertz CT molecular complexity index is 364. The van der Waals surface area contributed by atoms with Gasteiger partial charge in [0.25, 0.3) is 0 Å². The molecule has 4 unspecified atom stereocenters. The van der Waals surface area contributed by atoms with Crippen molar-refractivity contribution in [2.45, 2.75) is 146 Å². The molecule has 1 aliphatic carbocycles. The van der Waals surface area contributed by atoms with Crippen molar-refractivity contribution in [3.05, 3.63) is 0 Å². The molecule has 0 heteroatoms. The smallest absolute Gasteiger partial charge is 0.0323 e. The summed E-state index contributed by atoms with van der Waals surface area (Å²) in [6.07, 6.45) is 17.1. The molecule has 4 atom stereocenters. The molecule has 0 amide bonds. The maximum Gasteiger partial charge on any atom is -0.0323 e. The number of hydrogen-bond donors (Lipinski definition) is 0. The Morgan fingerprint density at radius 1 is 0.929 bits per heavy atom. The van der Waals surface area contributed by atoms with E-state index in [-0.39, 0.29) is 0 Å². The molecule has 1 aliphatic rings. The van der Waals surface area contributed by atoms with Crippen molar-refractivity contribution in [2.24, 2.45) is 34.5 Å². The van der Waals surface area contributed by atoms with Gasteiger partial charge < -0.3 is 0 Å². The number of rotatable bonds is 12. The van der Waals surface area contributed by atoms with Crippen LogP contribution >= 0.6 is 0 Å². The summed E-state index contributed by atoms with van der Waals surface area (Å²) in [6, 6.07) is 0. The van der Waals surface area contributed by atoms with Crippen molar-refractivity contribution < 1.29 is 0 Å². The van der Waals surface area contributed by atoms with E-state index in [4.69, 9.17) is 0 Å². The largest absolute Gasteiger partial charge is 0.0683 e. The van der Waals surface area contributed by atoms with Crippen molar-refractivity contribution in [3.63, 3.8) is 0 Å². The lowest BCUT2D eigenvalue weighted by Gasteiger charge is -2.44. The zero-order valence-corrected chi connectivity index (χ0v) is 21.8. The molecule has 28 heavy (non-hydrogen) atoms. The van der Waals surface area contributed by atoms with Gasteiger partial charge in [-0.15, -0.1) is 0 Å². The van der Waals surface area contributed by atoms with E-state index in [2.05, 4.69) is 55.4 Å². The van der Waals surface area contributed by atoms with Crippen molar-refractivity contribution >= 4 is 0 Å². The van der Waals surface area contributed by atoms with Crippen LogP contribution in [0.2, 0.25) is 0 Å². The second-order valence-electron chi connectivity index (χ2n) is 11.6. The molecule has 0 aliphatic heterocycles. The predicted molar refractivity (Wildman–Crippen MR) is 131 cm³/mol. The second kappa shape index (κ2) is 14.1. The second-order valence-corrected chi connectivity index (χ2v) is 11.6. The summed E-state index contributed by atoms with van der Waals surface area (Å²) in [4.78, 5) is 0. The minimum Gasteiger partial charge on any atom is -0.0683 e. The van der Waals surface area contributed by atoms with Crippen LogP contribution in [0.3, 0.4) is 0 Å². The third-order valence-electron chi connectivity index (χ3n) is 7.72. The maximum absolute atomic E-state index is 2.53. The van der Waals surface area contributed by atoms with Gasteiger partial charge in [-0.3, -0.25) is 0 Å². The fourth-order valence-electron chi connectivity index (χ4n) is 5.63. The van der Waals surface area contributed by atoms with Gasteiger partial charge in [0.15, 0.2) is 0 Å². The minimum atomic E-state index is 0.538. The fourth-order valence-corrected chi connectivity index (χ4v) is 5.63. The molecule has 0 nitrogen and oxygen atoms in total. The zero-order chi connectivity index (χ0) is 21.8. The lowest BCUT2D eigenvalue weighted by atomic mass is 9.61. The van der Waals surface area contributed by atoms with Crippen molar-refractivity contribution in [1.82, 2.24) is 0 Å². The van der Waals surface area contributed by atoms with Gasteiger partial charge in [-0.1, -0.05) is 121 Å². The van der Waals surface area contributed by atoms with Gasteiger partial charge in [0, 0.05) is 0 Å². The summed E-state index contributed by atoms with van der Waals surface area (Å²) >= 11 is 0. The van der Waals surface area contributed by atoms with Crippen LogP contribution in [0.15, 0.2) is 0 Å². The van der Waals surface area contributed by atoms with Gasteiger partial charge in [-0.2, -0.15) is 0 Å². The molecule has 0 aromatic heterocycles. The average Bonchev–Trinajstić information content (AvgIpc) is 2.62. The van der Waals surface area contributed by atoms with Crippen molar-refractivity contribution in [2.75, 3.05) is 0 Å². The van der Waals surface area contributed by atoms with Gasteiger partial charge in [-0.05, 0) is 60.2 Å². The van der Waals surface area contributed by atoms with E-state index < -0.39 is 0 Å². The van der Waals surface area contributed by atoms with E-state index in [0.717, 1.165) is 23.7 Å². The normalized spacial score (nSPS) is 24.2. The molecule has 0 bridgehead atoms. The first-order valence-electron chi connectivity index (χ1n) is 13.1. The first-order valence-corrected chi connectivity index (χ1v) is 13.1. The minimum absolute atomic E-state index is 0.538. The first-order chi connectivity index (χ1) is 13.1. The molecule has 1 fully saturated rings. The fraction of sp³-hybridized carbons (Fsp3) is 1.00. The first kappa shape index (κ1) is 28.0. The molecule has 0 radical (unpaired) electrons. The lowest BCUT2D eigenvalue weighted by Crippen LogP contribution is -2.34. The summed E-state index contributed by atoms with van der Waals surface area (Å²) in [6.45, 7) is 23.9. The SMILES string of the molecule is CC.CCCC(C)CCCCC(C)(C)CCC(C)CC1C(C)CCCC1(C)C. The van der Waals surface area contributed by atoms with Crippen LogP contribution in [-0.4, -0.2) is 0 Å². The molecule has 0 saturated heterocycles. The van der Waals surface area contributed by atoms with Crippen LogP contribution in [0, 0.1) is 34.5 Å². The Hall–Kier alpha value is 0. The molecule has 170 valence electrons.